The Morgan fingerprint density at radius 2 is 1.83 bits per heavy atom. The van der Waals surface area contributed by atoms with Crippen molar-refractivity contribution in [2.75, 3.05) is 18.4 Å². The van der Waals surface area contributed by atoms with Crippen molar-refractivity contribution >= 4 is 27.5 Å². The van der Waals surface area contributed by atoms with E-state index in [4.69, 9.17) is 0 Å². The molecule has 18 heavy (non-hydrogen) atoms. The number of amides is 1. The van der Waals surface area contributed by atoms with E-state index < -0.39 is 0 Å². The number of hydrogen-bond acceptors (Lipinski definition) is 2. The van der Waals surface area contributed by atoms with Gasteiger partial charge < -0.3 is 10.6 Å². The zero-order chi connectivity index (χ0) is 13.1. The summed E-state index contributed by atoms with van der Waals surface area (Å²) in [7, 11) is 0. The Kier molecular flexibility index (Phi) is 4.40. The van der Waals surface area contributed by atoms with E-state index in [1.807, 2.05) is 26.0 Å². The van der Waals surface area contributed by atoms with Gasteiger partial charge in [-0.25, -0.2) is 0 Å². The molecule has 0 aliphatic carbocycles. The van der Waals surface area contributed by atoms with E-state index in [1.54, 1.807) is 0 Å². The summed E-state index contributed by atoms with van der Waals surface area (Å²) in [6, 6.07) is 4.07. The van der Waals surface area contributed by atoms with Crippen LogP contribution in [0.1, 0.15) is 24.0 Å². The van der Waals surface area contributed by atoms with Gasteiger partial charge in [0, 0.05) is 16.1 Å². The topological polar surface area (TPSA) is 41.1 Å². The number of rotatable bonds is 2. The Morgan fingerprint density at radius 3 is 2.39 bits per heavy atom. The molecule has 1 aliphatic heterocycles. The smallest absolute Gasteiger partial charge is 0.227 e. The lowest BCUT2D eigenvalue weighted by molar-refractivity contribution is -0.120. The first-order valence-electron chi connectivity index (χ1n) is 6.36. The molecule has 98 valence electrons. The summed E-state index contributed by atoms with van der Waals surface area (Å²) in [5.74, 6) is 0.304. The van der Waals surface area contributed by atoms with Crippen molar-refractivity contribution in [3.8, 4) is 0 Å². The van der Waals surface area contributed by atoms with Crippen molar-refractivity contribution in [2.45, 2.75) is 26.7 Å². The van der Waals surface area contributed by atoms with Crippen LogP contribution in [0.15, 0.2) is 16.6 Å². The Balaban J connectivity index is 2.11. The van der Waals surface area contributed by atoms with Gasteiger partial charge in [0.1, 0.15) is 0 Å². The quantitative estimate of drug-likeness (QED) is 0.881. The third kappa shape index (κ3) is 3.12. The van der Waals surface area contributed by atoms with E-state index in [2.05, 4.69) is 26.6 Å². The molecule has 1 saturated heterocycles. The maximum atomic E-state index is 12.2. The highest BCUT2D eigenvalue weighted by Crippen LogP contribution is 2.26. The molecule has 1 aliphatic rings. The fourth-order valence-corrected chi connectivity index (χ4v) is 3.10. The highest BCUT2D eigenvalue weighted by Gasteiger charge is 2.21. The Labute approximate surface area is 116 Å². The lowest BCUT2D eigenvalue weighted by Gasteiger charge is -2.23. The molecule has 1 amide bonds. The van der Waals surface area contributed by atoms with Crippen molar-refractivity contribution in [3.05, 3.63) is 27.7 Å². The molecule has 0 spiro atoms. The molecule has 1 aromatic rings. The Bertz CT molecular complexity index is 430. The van der Waals surface area contributed by atoms with E-state index in [0.717, 1.165) is 47.2 Å². The molecule has 1 aromatic carbocycles. The molecule has 0 saturated carbocycles. The lowest BCUT2D eigenvalue weighted by atomic mass is 9.97. The van der Waals surface area contributed by atoms with Crippen molar-refractivity contribution in [2.24, 2.45) is 5.92 Å². The highest BCUT2D eigenvalue weighted by molar-refractivity contribution is 9.10. The molecule has 1 heterocycles. The monoisotopic (exact) mass is 310 g/mol. The van der Waals surface area contributed by atoms with Gasteiger partial charge in [0.15, 0.2) is 0 Å². The van der Waals surface area contributed by atoms with Gasteiger partial charge in [0.25, 0.3) is 0 Å². The van der Waals surface area contributed by atoms with Gasteiger partial charge >= 0.3 is 0 Å². The van der Waals surface area contributed by atoms with Gasteiger partial charge in [0.05, 0.1) is 0 Å². The number of carbonyl (C=O) groups is 1. The summed E-state index contributed by atoms with van der Waals surface area (Å²) in [6.07, 6.45) is 1.86. The molecule has 4 heteroatoms. The number of anilines is 1. The van der Waals surface area contributed by atoms with Gasteiger partial charge in [0.2, 0.25) is 5.91 Å². The van der Waals surface area contributed by atoms with Crippen LogP contribution in [-0.4, -0.2) is 19.0 Å². The van der Waals surface area contributed by atoms with Crippen molar-refractivity contribution in [3.63, 3.8) is 0 Å². The van der Waals surface area contributed by atoms with Crippen LogP contribution in [-0.2, 0) is 4.79 Å². The molecule has 1 fully saturated rings. The van der Waals surface area contributed by atoms with Gasteiger partial charge in [-0.15, -0.1) is 0 Å². The molecule has 3 nitrogen and oxygen atoms in total. The van der Waals surface area contributed by atoms with Crippen LogP contribution in [0.2, 0.25) is 0 Å². The highest BCUT2D eigenvalue weighted by atomic mass is 79.9. The summed E-state index contributed by atoms with van der Waals surface area (Å²) >= 11 is 3.47. The fourth-order valence-electron chi connectivity index (χ4n) is 2.42. The summed E-state index contributed by atoms with van der Waals surface area (Å²) in [6.45, 7) is 5.93. The fraction of sp³-hybridized carbons (Fsp3) is 0.500. The normalized spacial score (nSPS) is 16.6. The minimum atomic E-state index is 0.147. The van der Waals surface area contributed by atoms with Crippen LogP contribution in [0.4, 0.5) is 5.69 Å². The van der Waals surface area contributed by atoms with Crippen LogP contribution in [0, 0.1) is 19.8 Å². The molecule has 0 aromatic heterocycles. The average Bonchev–Trinajstić information content (AvgIpc) is 2.34. The summed E-state index contributed by atoms with van der Waals surface area (Å²) < 4.78 is 1.05. The van der Waals surface area contributed by atoms with E-state index >= 15 is 0 Å². The lowest BCUT2D eigenvalue weighted by Crippen LogP contribution is -2.34. The standard InChI is InChI=1S/C14H19BrN2O/c1-9-7-12(15)8-10(2)13(9)17-14(18)11-3-5-16-6-4-11/h7-8,11,16H,3-6H2,1-2H3,(H,17,18). The molecule has 0 radical (unpaired) electrons. The number of benzene rings is 1. The van der Waals surface area contributed by atoms with Crippen LogP contribution in [0.25, 0.3) is 0 Å². The molecular weight excluding hydrogens is 292 g/mol. The summed E-state index contributed by atoms with van der Waals surface area (Å²) in [5, 5.41) is 6.37. The minimum Gasteiger partial charge on any atom is -0.325 e. The first-order chi connectivity index (χ1) is 8.58. The van der Waals surface area contributed by atoms with E-state index in [9.17, 15) is 4.79 Å². The van der Waals surface area contributed by atoms with Gasteiger partial charge in [-0.3, -0.25) is 4.79 Å². The first-order valence-corrected chi connectivity index (χ1v) is 7.15. The van der Waals surface area contributed by atoms with Crippen molar-refractivity contribution in [1.29, 1.82) is 0 Å². The number of nitrogens with one attached hydrogen (secondary N) is 2. The second kappa shape index (κ2) is 5.85. The third-order valence-corrected chi connectivity index (χ3v) is 3.91. The van der Waals surface area contributed by atoms with Gasteiger partial charge in [-0.1, -0.05) is 15.9 Å². The number of aryl methyl sites for hydroxylation is 2. The maximum absolute atomic E-state index is 12.2. The summed E-state index contributed by atoms with van der Waals surface area (Å²) in [4.78, 5) is 12.2. The minimum absolute atomic E-state index is 0.147. The largest absolute Gasteiger partial charge is 0.325 e. The van der Waals surface area contributed by atoms with Crippen LogP contribution in [0.3, 0.4) is 0 Å². The number of halogens is 1. The molecule has 2 N–H and O–H groups in total. The second-order valence-corrected chi connectivity index (χ2v) is 5.84. The predicted octanol–water partition coefficient (Wildman–Crippen LogP) is 3.00. The molecule has 2 rings (SSSR count). The molecule has 0 unspecified atom stereocenters. The van der Waals surface area contributed by atoms with Crippen molar-refractivity contribution < 1.29 is 4.79 Å². The van der Waals surface area contributed by atoms with Crippen LogP contribution in [0.5, 0.6) is 0 Å². The number of hydrogen-bond donors (Lipinski definition) is 2. The zero-order valence-corrected chi connectivity index (χ0v) is 12.4. The van der Waals surface area contributed by atoms with Crippen LogP contribution < -0.4 is 10.6 Å². The first kappa shape index (κ1) is 13.6. The van der Waals surface area contributed by atoms with Gasteiger partial charge in [-0.2, -0.15) is 0 Å². The zero-order valence-electron chi connectivity index (χ0n) is 10.8. The van der Waals surface area contributed by atoms with E-state index in [0.29, 0.717) is 0 Å². The van der Waals surface area contributed by atoms with Crippen molar-refractivity contribution in [1.82, 2.24) is 5.32 Å². The SMILES string of the molecule is Cc1cc(Br)cc(C)c1NC(=O)C1CCNCC1. The molecule has 0 atom stereocenters. The van der Waals surface area contributed by atoms with Crippen LogP contribution >= 0.6 is 15.9 Å². The third-order valence-electron chi connectivity index (χ3n) is 3.46. The average molecular weight is 311 g/mol. The Hall–Kier alpha value is -0.870. The molecule has 0 bridgehead atoms. The number of piperidine rings is 1. The van der Waals surface area contributed by atoms with E-state index in [-0.39, 0.29) is 11.8 Å². The predicted molar refractivity (Wildman–Crippen MR) is 77.8 cm³/mol. The number of carbonyl (C=O) groups excluding carboxylic acids is 1. The maximum Gasteiger partial charge on any atom is 0.227 e. The Morgan fingerprint density at radius 1 is 1.28 bits per heavy atom. The summed E-state index contributed by atoms with van der Waals surface area (Å²) in [5.41, 5.74) is 3.16. The second-order valence-electron chi connectivity index (χ2n) is 4.93. The molecular formula is C14H19BrN2O. The van der Waals surface area contributed by atoms with Gasteiger partial charge in [-0.05, 0) is 63.0 Å². The van der Waals surface area contributed by atoms with E-state index in [1.165, 1.54) is 0 Å².